The van der Waals surface area contributed by atoms with Gasteiger partial charge < -0.3 is 13.6 Å². The van der Waals surface area contributed by atoms with E-state index in [1.807, 2.05) is 32.0 Å². The van der Waals surface area contributed by atoms with Crippen molar-refractivity contribution in [1.82, 2.24) is 0 Å². The molecule has 4 aromatic carbocycles. The van der Waals surface area contributed by atoms with Gasteiger partial charge in [-0.15, -0.1) is 22.7 Å². The first-order valence-electron chi connectivity index (χ1n) is 15.1. The maximum absolute atomic E-state index is 14.4. The van der Waals surface area contributed by atoms with Crippen molar-refractivity contribution in [1.29, 1.82) is 0 Å². The normalized spacial score (nSPS) is 12.7. The topological polar surface area (TPSA) is 44.8 Å². The molecule has 0 aliphatic rings. The number of fused-ring (bicyclic) bond motifs is 2. The van der Waals surface area contributed by atoms with Crippen molar-refractivity contribution in [3.8, 4) is 30.6 Å². The molecule has 1 atom stereocenters. The largest absolute Gasteiger partial charge is 0.362 e. The summed E-state index contributed by atoms with van der Waals surface area (Å²) in [4.78, 5) is 4.33. The molecule has 0 N–H and O–H groups in total. The van der Waals surface area contributed by atoms with E-state index in [9.17, 15) is 4.57 Å². The molecule has 44 heavy (non-hydrogen) atoms. The van der Waals surface area contributed by atoms with Crippen LogP contribution in [0, 0.1) is 0 Å². The fourth-order valence-corrected chi connectivity index (χ4v) is 12.3. The molecular formula is C36H36O4P2S2. The molecule has 8 heteroatoms. The SMILES string of the molecule is CCOP(CC)c1cc(-c2cc(P(=O)(OCC)OCC)c(-c3cccc4ccccc34)s2)sc1-c1cccc2ccccc12. The van der Waals surface area contributed by atoms with Crippen molar-refractivity contribution in [3.05, 3.63) is 97.1 Å². The van der Waals surface area contributed by atoms with Gasteiger partial charge in [0.15, 0.2) is 0 Å². The van der Waals surface area contributed by atoms with Gasteiger partial charge in [-0.25, -0.2) is 0 Å². The number of rotatable bonds is 12. The van der Waals surface area contributed by atoms with Crippen LogP contribution in [0.1, 0.15) is 27.7 Å². The molecule has 0 saturated carbocycles. The summed E-state index contributed by atoms with van der Waals surface area (Å²) in [6, 6.07) is 34.0. The minimum atomic E-state index is -3.59. The quantitative estimate of drug-likeness (QED) is 0.123. The molecule has 0 aliphatic heterocycles. The average molecular weight is 659 g/mol. The van der Waals surface area contributed by atoms with Crippen molar-refractivity contribution in [2.45, 2.75) is 27.7 Å². The van der Waals surface area contributed by atoms with E-state index >= 15 is 0 Å². The van der Waals surface area contributed by atoms with Crippen LogP contribution in [0.3, 0.4) is 0 Å². The zero-order valence-corrected chi connectivity index (χ0v) is 28.8. The van der Waals surface area contributed by atoms with E-state index in [1.165, 1.54) is 26.5 Å². The highest BCUT2D eigenvalue weighted by atomic mass is 32.1. The third-order valence-corrected chi connectivity index (χ3v) is 14.5. The van der Waals surface area contributed by atoms with Gasteiger partial charge in [0.05, 0.1) is 31.5 Å². The van der Waals surface area contributed by atoms with E-state index in [0.717, 1.165) is 37.1 Å². The van der Waals surface area contributed by atoms with Crippen LogP contribution in [0.2, 0.25) is 0 Å². The van der Waals surface area contributed by atoms with Crippen molar-refractivity contribution in [3.63, 3.8) is 0 Å². The van der Waals surface area contributed by atoms with Crippen molar-refractivity contribution < 1.29 is 18.1 Å². The molecule has 0 saturated heterocycles. The highest BCUT2D eigenvalue weighted by Gasteiger charge is 2.34. The van der Waals surface area contributed by atoms with Crippen molar-refractivity contribution in [2.24, 2.45) is 0 Å². The smallest absolute Gasteiger partial charge is 0.355 e. The molecule has 2 heterocycles. The molecular weight excluding hydrogens is 622 g/mol. The molecule has 0 aliphatic carbocycles. The summed E-state index contributed by atoms with van der Waals surface area (Å²) in [5, 5.41) is 6.57. The maximum Gasteiger partial charge on any atom is 0.362 e. The lowest BCUT2D eigenvalue weighted by molar-refractivity contribution is 0.230. The van der Waals surface area contributed by atoms with Crippen LogP contribution < -0.4 is 10.6 Å². The Hall–Kier alpha value is -2.66. The fourth-order valence-electron chi connectivity index (χ4n) is 5.63. The van der Waals surface area contributed by atoms with Gasteiger partial charge in [-0.05, 0) is 60.6 Å². The Kier molecular flexibility index (Phi) is 9.80. The summed E-state index contributed by atoms with van der Waals surface area (Å²) in [5.41, 5.74) is 2.25. The third-order valence-electron chi connectivity index (χ3n) is 7.47. The van der Waals surface area contributed by atoms with Gasteiger partial charge in [0, 0.05) is 37.7 Å². The summed E-state index contributed by atoms with van der Waals surface area (Å²) in [6.07, 6.45) is 0.929. The van der Waals surface area contributed by atoms with Crippen LogP contribution in [0.5, 0.6) is 0 Å². The summed E-state index contributed by atoms with van der Waals surface area (Å²) >= 11 is 3.44. The van der Waals surface area contributed by atoms with Gasteiger partial charge in [0.1, 0.15) is 0 Å². The van der Waals surface area contributed by atoms with Crippen LogP contribution in [-0.4, -0.2) is 26.0 Å². The Bertz CT molecular complexity index is 1940. The van der Waals surface area contributed by atoms with E-state index in [2.05, 4.69) is 92.7 Å². The van der Waals surface area contributed by atoms with Gasteiger partial charge >= 0.3 is 7.60 Å². The molecule has 6 rings (SSSR count). The Labute approximate surface area is 269 Å². The Morgan fingerprint density at radius 1 is 0.636 bits per heavy atom. The Balaban J connectivity index is 1.60. The molecule has 226 valence electrons. The third kappa shape index (κ3) is 5.98. The van der Waals surface area contributed by atoms with E-state index in [1.54, 1.807) is 22.7 Å². The molecule has 2 aromatic heterocycles. The summed E-state index contributed by atoms with van der Waals surface area (Å²) in [6.45, 7) is 9.24. The van der Waals surface area contributed by atoms with Crippen LogP contribution in [0.25, 0.3) is 52.2 Å². The predicted molar refractivity (Wildman–Crippen MR) is 193 cm³/mol. The van der Waals surface area contributed by atoms with Gasteiger partial charge in [-0.1, -0.05) is 91.9 Å². The van der Waals surface area contributed by atoms with Crippen LogP contribution in [-0.2, 0) is 18.1 Å². The number of thiophene rings is 2. The van der Waals surface area contributed by atoms with E-state index in [0.29, 0.717) is 25.1 Å². The fraction of sp³-hybridized carbons (Fsp3) is 0.222. The molecule has 0 amide bonds. The molecule has 0 radical (unpaired) electrons. The second-order valence-corrected chi connectivity index (χ2v) is 16.4. The van der Waals surface area contributed by atoms with Gasteiger partial charge in [-0.3, -0.25) is 4.57 Å². The monoisotopic (exact) mass is 658 g/mol. The first kappa shape index (κ1) is 31.3. The van der Waals surface area contributed by atoms with Gasteiger partial charge in [0.25, 0.3) is 0 Å². The van der Waals surface area contributed by atoms with Gasteiger partial charge in [0.2, 0.25) is 0 Å². The highest BCUT2D eigenvalue weighted by Crippen LogP contribution is 2.54. The standard InChI is InChI=1S/C36H36O4P2S2/c1-5-38-41(8-4)31-23-33(43-35(31)29-21-13-17-25-15-9-11-19-27(25)29)34-24-32(42(37,39-6-2)40-7-3)36(44-34)30-22-14-18-26-16-10-12-20-28(26)30/h9-24H,5-8H2,1-4H3. The highest BCUT2D eigenvalue weighted by molar-refractivity contribution is 7.63. The molecule has 6 aromatic rings. The predicted octanol–water partition coefficient (Wildman–Crippen LogP) is 11.1. The zero-order valence-electron chi connectivity index (χ0n) is 25.4. The van der Waals surface area contributed by atoms with Crippen LogP contribution in [0.15, 0.2) is 97.1 Å². The first-order valence-corrected chi connectivity index (χ1v) is 19.7. The van der Waals surface area contributed by atoms with E-state index in [4.69, 9.17) is 13.6 Å². The lowest BCUT2D eigenvalue weighted by Crippen LogP contribution is -2.11. The minimum Gasteiger partial charge on any atom is -0.355 e. The molecule has 0 fully saturated rings. The lowest BCUT2D eigenvalue weighted by atomic mass is 10.0. The first-order chi connectivity index (χ1) is 21.5. The second-order valence-electron chi connectivity index (χ2n) is 10.1. The lowest BCUT2D eigenvalue weighted by Gasteiger charge is -2.18. The molecule has 4 nitrogen and oxygen atoms in total. The van der Waals surface area contributed by atoms with E-state index in [-0.39, 0.29) is 0 Å². The number of hydrogen-bond donors (Lipinski definition) is 0. The molecule has 1 unspecified atom stereocenters. The maximum atomic E-state index is 14.4. The number of hydrogen-bond acceptors (Lipinski definition) is 6. The zero-order chi connectivity index (χ0) is 30.7. The average Bonchev–Trinajstić information content (AvgIpc) is 3.69. The van der Waals surface area contributed by atoms with Crippen molar-refractivity contribution >= 4 is 70.6 Å². The summed E-state index contributed by atoms with van der Waals surface area (Å²) in [7, 11) is -4.40. The van der Waals surface area contributed by atoms with Crippen LogP contribution in [0.4, 0.5) is 0 Å². The van der Waals surface area contributed by atoms with Gasteiger partial charge in [-0.2, -0.15) is 0 Å². The Morgan fingerprint density at radius 3 is 1.73 bits per heavy atom. The minimum absolute atomic E-state index is 0.293. The van der Waals surface area contributed by atoms with Crippen molar-refractivity contribution in [2.75, 3.05) is 26.0 Å². The summed E-state index contributed by atoms with van der Waals surface area (Å²) < 4.78 is 32.7. The molecule has 0 bridgehead atoms. The number of benzene rings is 4. The van der Waals surface area contributed by atoms with Crippen LogP contribution >= 0.6 is 38.4 Å². The Morgan fingerprint density at radius 2 is 1.16 bits per heavy atom. The molecule has 0 spiro atoms. The van der Waals surface area contributed by atoms with E-state index < -0.39 is 15.7 Å². The second kappa shape index (κ2) is 13.8. The summed E-state index contributed by atoms with van der Waals surface area (Å²) in [5.74, 6) is 0.